The van der Waals surface area contributed by atoms with E-state index in [0.29, 0.717) is 21.3 Å². The third kappa shape index (κ3) is 3.45. The topological polar surface area (TPSA) is 82.7 Å². The number of hydrogen-bond donors (Lipinski definition) is 0. The Bertz CT molecular complexity index is 1470. The Kier molecular flexibility index (Phi) is 4.93. The van der Waals surface area contributed by atoms with Crippen LogP contribution in [-0.4, -0.2) is 28.8 Å². The molecule has 5 aromatic rings. The first-order valence-electron chi connectivity index (χ1n) is 9.30. The van der Waals surface area contributed by atoms with Gasteiger partial charge in [0, 0.05) is 9.92 Å². The van der Waals surface area contributed by atoms with Gasteiger partial charge in [0.15, 0.2) is 11.2 Å². The van der Waals surface area contributed by atoms with Gasteiger partial charge >= 0.3 is 0 Å². The molecule has 31 heavy (non-hydrogen) atoms. The van der Waals surface area contributed by atoms with E-state index in [1.165, 1.54) is 9.25 Å². The number of rotatable bonds is 4. The van der Waals surface area contributed by atoms with E-state index < -0.39 is 16.4 Å². The van der Waals surface area contributed by atoms with Gasteiger partial charge in [-0.05, 0) is 48.5 Å². The molecule has 0 bridgehead atoms. The van der Waals surface area contributed by atoms with Crippen LogP contribution in [0.25, 0.3) is 22.5 Å². The van der Waals surface area contributed by atoms with E-state index in [2.05, 4.69) is 15.3 Å². The normalized spacial score (nSPS) is 12.2. The maximum Gasteiger partial charge on any atom is 0.289 e. The van der Waals surface area contributed by atoms with Crippen molar-refractivity contribution in [3.63, 3.8) is 0 Å². The quantitative estimate of drug-likeness (QED) is 0.391. The van der Waals surface area contributed by atoms with E-state index in [9.17, 15) is 9.00 Å². The lowest BCUT2D eigenvalue weighted by atomic mass is 10.3. The van der Waals surface area contributed by atoms with Crippen LogP contribution >= 0.6 is 11.6 Å². The summed E-state index contributed by atoms with van der Waals surface area (Å²) in [5.41, 5.74) is 1.03. The van der Waals surface area contributed by atoms with Crippen molar-refractivity contribution in [2.75, 3.05) is 0 Å². The SMILES string of the molecule is O=c1c2nnn(-c3ccccc3)c2nc(S(=O)c2ccccc2)n1-c1ccc(Cl)cc1. The van der Waals surface area contributed by atoms with Gasteiger partial charge in [-0.1, -0.05) is 53.2 Å². The van der Waals surface area contributed by atoms with Gasteiger partial charge < -0.3 is 0 Å². The monoisotopic (exact) mass is 447 g/mol. The molecule has 9 heteroatoms. The summed E-state index contributed by atoms with van der Waals surface area (Å²) in [6, 6.07) is 24.7. The van der Waals surface area contributed by atoms with Crippen molar-refractivity contribution < 1.29 is 4.21 Å². The fourth-order valence-corrected chi connectivity index (χ4v) is 4.45. The van der Waals surface area contributed by atoms with Crippen molar-refractivity contribution in [1.82, 2.24) is 24.5 Å². The van der Waals surface area contributed by atoms with Crippen LogP contribution in [0.3, 0.4) is 0 Å². The number of fused-ring (bicyclic) bond motifs is 1. The molecule has 3 aromatic carbocycles. The maximum absolute atomic E-state index is 13.5. The van der Waals surface area contributed by atoms with Gasteiger partial charge in [0.1, 0.15) is 10.8 Å². The summed E-state index contributed by atoms with van der Waals surface area (Å²) in [6.07, 6.45) is 0. The van der Waals surface area contributed by atoms with Gasteiger partial charge in [-0.25, -0.2) is 4.21 Å². The minimum atomic E-state index is -1.73. The average molecular weight is 448 g/mol. The third-order valence-electron chi connectivity index (χ3n) is 4.65. The summed E-state index contributed by atoms with van der Waals surface area (Å²) in [4.78, 5) is 18.6. The van der Waals surface area contributed by atoms with Crippen molar-refractivity contribution in [3.05, 3.63) is 100 Å². The molecule has 7 nitrogen and oxygen atoms in total. The van der Waals surface area contributed by atoms with Crippen molar-refractivity contribution in [3.8, 4) is 11.4 Å². The van der Waals surface area contributed by atoms with E-state index >= 15 is 0 Å². The molecule has 1 atom stereocenters. The summed E-state index contributed by atoms with van der Waals surface area (Å²) in [6.45, 7) is 0. The van der Waals surface area contributed by atoms with Crippen LogP contribution in [0.4, 0.5) is 0 Å². The second kappa shape index (κ2) is 7.90. The van der Waals surface area contributed by atoms with Gasteiger partial charge in [0.25, 0.3) is 5.56 Å². The molecule has 0 spiro atoms. The van der Waals surface area contributed by atoms with Crippen LogP contribution in [0.15, 0.2) is 99.8 Å². The highest BCUT2D eigenvalue weighted by molar-refractivity contribution is 7.85. The minimum absolute atomic E-state index is 0.0745. The Hall–Kier alpha value is -3.62. The number of halogens is 1. The third-order valence-corrected chi connectivity index (χ3v) is 6.21. The molecule has 0 radical (unpaired) electrons. The zero-order chi connectivity index (χ0) is 21.4. The van der Waals surface area contributed by atoms with Crippen LogP contribution in [0.5, 0.6) is 0 Å². The van der Waals surface area contributed by atoms with E-state index in [1.807, 2.05) is 36.4 Å². The van der Waals surface area contributed by atoms with Gasteiger partial charge in [-0.3, -0.25) is 9.36 Å². The van der Waals surface area contributed by atoms with Crippen molar-refractivity contribution in [1.29, 1.82) is 0 Å². The first kappa shape index (κ1) is 19.3. The fraction of sp³-hybridized carbons (Fsp3) is 0. The standard InChI is InChI=1S/C22H14ClN5O2S/c23-15-11-13-16(14-12-15)27-21(29)19-20(28(26-25-19)17-7-3-1-4-8-17)24-22(27)31(30)18-9-5-2-6-10-18/h1-14H. The summed E-state index contributed by atoms with van der Waals surface area (Å²) in [5.74, 6) is 0. The number of nitrogens with zero attached hydrogens (tertiary/aromatic N) is 5. The Morgan fingerprint density at radius 1 is 0.806 bits per heavy atom. The average Bonchev–Trinajstić information content (AvgIpc) is 3.25. The summed E-state index contributed by atoms with van der Waals surface area (Å²) < 4.78 is 16.3. The summed E-state index contributed by atoms with van der Waals surface area (Å²) in [7, 11) is -1.73. The Labute approximate surface area is 184 Å². The molecule has 2 heterocycles. The summed E-state index contributed by atoms with van der Waals surface area (Å²) >= 11 is 6.01. The highest BCUT2D eigenvalue weighted by Gasteiger charge is 2.23. The lowest BCUT2D eigenvalue weighted by molar-refractivity contribution is 0.666. The van der Waals surface area contributed by atoms with Crippen molar-refractivity contribution in [2.24, 2.45) is 0 Å². The molecule has 2 aromatic heterocycles. The smallest absolute Gasteiger partial charge is 0.266 e. The Balaban J connectivity index is 1.82. The van der Waals surface area contributed by atoms with Crippen molar-refractivity contribution >= 4 is 33.6 Å². The van der Waals surface area contributed by atoms with Gasteiger partial charge in [0.05, 0.1) is 11.4 Å². The zero-order valence-electron chi connectivity index (χ0n) is 15.9. The van der Waals surface area contributed by atoms with E-state index in [0.717, 1.165) is 0 Å². The van der Waals surface area contributed by atoms with Crippen LogP contribution in [-0.2, 0) is 10.8 Å². The molecule has 152 valence electrons. The molecular formula is C22H14ClN5O2S. The predicted octanol–water partition coefficient (Wildman–Crippen LogP) is 3.79. The molecule has 0 fully saturated rings. The lowest BCUT2D eigenvalue weighted by Gasteiger charge is -2.12. The first-order valence-corrected chi connectivity index (χ1v) is 10.8. The van der Waals surface area contributed by atoms with Crippen LogP contribution < -0.4 is 5.56 Å². The van der Waals surface area contributed by atoms with Crippen LogP contribution in [0, 0.1) is 0 Å². The summed E-state index contributed by atoms with van der Waals surface area (Å²) in [5, 5.41) is 8.78. The molecule has 0 saturated heterocycles. The Morgan fingerprint density at radius 3 is 2.13 bits per heavy atom. The van der Waals surface area contributed by atoms with E-state index in [-0.39, 0.29) is 16.3 Å². The highest BCUT2D eigenvalue weighted by atomic mass is 35.5. The molecule has 1 unspecified atom stereocenters. The van der Waals surface area contributed by atoms with Gasteiger partial charge in [0.2, 0.25) is 5.16 Å². The largest absolute Gasteiger partial charge is 0.289 e. The number of para-hydroxylation sites is 1. The number of benzene rings is 3. The van der Waals surface area contributed by atoms with Crippen LogP contribution in [0.1, 0.15) is 0 Å². The molecule has 5 rings (SSSR count). The molecule has 0 aliphatic heterocycles. The second-order valence-corrected chi connectivity index (χ2v) is 8.41. The van der Waals surface area contributed by atoms with Gasteiger partial charge in [-0.2, -0.15) is 9.67 Å². The molecular weight excluding hydrogens is 434 g/mol. The minimum Gasteiger partial charge on any atom is -0.266 e. The highest BCUT2D eigenvalue weighted by Crippen LogP contribution is 2.21. The molecule has 0 aliphatic carbocycles. The first-order chi connectivity index (χ1) is 15.1. The maximum atomic E-state index is 13.5. The molecule has 0 saturated carbocycles. The second-order valence-electron chi connectivity index (χ2n) is 6.60. The van der Waals surface area contributed by atoms with Crippen molar-refractivity contribution in [2.45, 2.75) is 10.1 Å². The number of aromatic nitrogens is 5. The predicted molar refractivity (Wildman–Crippen MR) is 118 cm³/mol. The zero-order valence-corrected chi connectivity index (χ0v) is 17.5. The number of hydrogen-bond acceptors (Lipinski definition) is 5. The van der Waals surface area contributed by atoms with E-state index in [1.54, 1.807) is 48.5 Å². The lowest BCUT2D eigenvalue weighted by Crippen LogP contribution is -2.25. The molecule has 0 amide bonds. The van der Waals surface area contributed by atoms with Gasteiger partial charge in [-0.15, -0.1) is 5.10 Å². The van der Waals surface area contributed by atoms with Crippen LogP contribution in [0.2, 0.25) is 5.02 Å². The fourth-order valence-electron chi connectivity index (χ4n) is 3.18. The molecule has 0 N–H and O–H groups in total. The van der Waals surface area contributed by atoms with E-state index in [4.69, 9.17) is 11.6 Å². The molecule has 0 aliphatic rings. The Morgan fingerprint density at radius 2 is 1.45 bits per heavy atom.